The molecule has 0 spiro atoms. The van der Waals surface area contributed by atoms with Gasteiger partial charge >= 0.3 is 0 Å². The molecule has 2 heteroatoms. The number of anilines is 1. The van der Waals surface area contributed by atoms with Crippen molar-refractivity contribution in [3.8, 4) is 0 Å². The molecular formula is C19H24FN. The van der Waals surface area contributed by atoms with Crippen molar-refractivity contribution in [1.82, 2.24) is 0 Å². The number of rotatable bonds is 6. The predicted octanol–water partition coefficient (Wildman–Crippen LogP) is 5.65. The number of hydrogen-bond donors (Lipinski definition) is 1. The predicted molar refractivity (Wildman–Crippen MR) is 88.2 cm³/mol. The normalized spacial score (nSPS) is 12.2. The Morgan fingerprint density at radius 3 is 2.48 bits per heavy atom. The summed E-state index contributed by atoms with van der Waals surface area (Å²) < 4.78 is 13.8. The molecule has 112 valence electrons. The minimum atomic E-state index is -0.202. The Balaban J connectivity index is 2.05. The summed E-state index contributed by atoms with van der Waals surface area (Å²) in [5, 5.41) is 3.25. The lowest BCUT2D eigenvalue weighted by Gasteiger charge is -2.17. The molecule has 2 rings (SSSR count). The lowest BCUT2D eigenvalue weighted by molar-refractivity contribution is 0.627. The maximum Gasteiger partial charge on any atom is 0.146 e. The first-order valence-corrected chi connectivity index (χ1v) is 7.71. The van der Waals surface area contributed by atoms with E-state index >= 15 is 0 Å². The molecule has 2 aromatic rings. The number of halogens is 1. The highest BCUT2D eigenvalue weighted by molar-refractivity contribution is 5.49. The molecule has 0 aromatic heterocycles. The monoisotopic (exact) mass is 285 g/mol. The van der Waals surface area contributed by atoms with Gasteiger partial charge in [-0.1, -0.05) is 43.7 Å². The summed E-state index contributed by atoms with van der Waals surface area (Å²) in [6.45, 7) is 6.23. The van der Waals surface area contributed by atoms with E-state index in [1.807, 2.05) is 13.0 Å². The second-order valence-corrected chi connectivity index (χ2v) is 5.69. The largest absolute Gasteiger partial charge is 0.376 e. The Labute approximate surface area is 127 Å². The van der Waals surface area contributed by atoms with Gasteiger partial charge in [0.15, 0.2) is 0 Å². The van der Waals surface area contributed by atoms with Crippen LogP contribution in [-0.4, -0.2) is 0 Å². The lowest BCUT2D eigenvalue weighted by atomic mass is 10.0. The van der Waals surface area contributed by atoms with Crippen LogP contribution in [0, 0.1) is 12.7 Å². The molecular weight excluding hydrogens is 261 g/mol. The van der Waals surface area contributed by atoms with Crippen LogP contribution in [0.4, 0.5) is 10.1 Å². The van der Waals surface area contributed by atoms with Gasteiger partial charge in [0.2, 0.25) is 0 Å². The summed E-state index contributed by atoms with van der Waals surface area (Å²) in [6.07, 6.45) is 3.57. The van der Waals surface area contributed by atoms with Crippen LogP contribution in [0.5, 0.6) is 0 Å². The molecule has 1 unspecified atom stereocenters. The second kappa shape index (κ2) is 7.26. The zero-order valence-electron chi connectivity index (χ0n) is 13.1. The number of nitrogens with one attached hydrogen (secondary N) is 1. The number of unbranched alkanes of at least 4 members (excludes halogenated alkanes) is 1. The van der Waals surface area contributed by atoms with E-state index < -0.39 is 0 Å². The standard InChI is InChI=1S/C19H24FN/c1-4-5-6-16-8-10-17(11-9-16)15(3)21-19-13-14(2)7-12-18(19)20/h7-13,15,21H,4-6H2,1-3H3. The van der Waals surface area contributed by atoms with Gasteiger partial charge in [0.25, 0.3) is 0 Å². The van der Waals surface area contributed by atoms with Gasteiger partial charge in [-0.15, -0.1) is 0 Å². The third-order valence-corrected chi connectivity index (χ3v) is 3.79. The van der Waals surface area contributed by atoms with Crippen molar-refractivity contribution in [2.24, 2.45) is 0 Å². The fraction of sp³-hybridized carbons (Fsp3) is 0.368. The number of benzene rings is 2. The summed E-state index contributed by atoms with van der Waals surface area (Å²) in [4.78, 5) is 0. The van der Waals surface area contributed by atoms with Crippen LogP contribution in [0.1, 0.15) is 49.4 Å². The highest BCUT2D eigenvalue weighted by Crippen LogP contribution is 2.23. The van der Waals surface area contributed by atoms with Crippen molar-refractivity contribution in [3.63, 3.8) is 0 Å². The smallest absolute Gasteiger partial charge is 0.146 e. The Kier molecular flexibility index (Phi) is 5.38. The SMILES string of the molecule is CCCCc1ccc(C(C)Nc2cc(C)ccc2F)cc1. The Bertz CT molecular complexity index is 575. The molecule has 0 aliphatic rings. The molecule has 2 aromatic carbocycles. The topological polar surface area (TPSA) is 12.0 Å². The minimum Gasteiger partial charge on any atom is -0.376 e. The Hall–Kier alpha value is -1.83. The van der Waals surface area contributed by atoms with Gasteiger partial charge in [0.1, 0.15) is 5.82 Å². The highest BCUT2D eigenvalue weighted by atomic mass is 19.1. The van der Waals surface area contributed by atoms with Gasteiger partial charge in [-0.3, -0.25) is 0 Å². The average Bonchev–Trinajstić information content (AvgIpc) is 2.49. The quantitative estimate of drug-likeness (QED) is 0.723. The number of hydrogen-bond acceptors (Lipinski definition) is 1. The van der Waals surface area contributed by atoms with E-state index in [0.717, 1.165) is 12.0 Å². The molecule has 0 amide bonds. The van der Waals surface area contributed by atoms with Crippen LogP contribution >= 0.6 is 0 Å². The first-order chi connectivity index (χ1) is 10.1. The summed E-state index contributed by atoms with van der Waals surface area (Å²) in [6, 6.07) is 13.9. The fourth-order valence-corrected chi connectivity index (χ4v) is 2.42. The summed E-state index contributed by atoms with van der Waals surface area (Å²) in [5.41, 5.74) is 4.17. The van der Waals surface area contributed by atoms with Crippen LogP contribution in [0.15, 0.2) is 42.5 Å². The highest BCUT2D eigenvalue weighted by Gasteiger charge is 2.08. The van der Waals surface area contributed by atoms with E-state index in [2.05, 4.69) is 43.4 Å². The van der Waals surface area contributed by atoms with E-state index in [9.17, 15) is 4.39 Å². The van der Waals surface area contributed by atoms with Crippen LogP contribution in [0.3, 0.4) is 0 Å². The van der Waals surface area contributed by atoms with Gasteiger partial charge in [0.05, 0.1) is 5.69 Å². The van der Waals surface area contributed by atoms with Crippen molar-refractivity contribution in [1.29, 1.82) is 0 Å². The minimum absolute atomic E-state index is 0.0847. The second-order valence-electron chi connectivity index (χ2n) is 5.69. The first kappa shape index (κ1) is 15.6. The summed E-state index contributed by atoms with van der Waals surface area (Å²) in [5.74, 6) is -0.202. The zero-order valence-corrected chi connectivity index (χ0v) is 13.1. The molecule has 0 bridgehead atoms. The zero-order chi connectivity index (χ0) is 15.2. The molecule has 1 N–H and O–H groups in total. The number of aryl methyl sites for hydroxylation is 2. The molecule has 0 heterocycles. The molecule has 0 fully saturated rings. The first-order valence-electron chi connectivity index (χ1n) is 7.71. The van der Waals surface area contributed by atoms with Crippen molar-refractivity contribution >= 4 is 5.69 Å². The van der Waals surface area contributed by atoms with Crippen LogP contribution in [0.2, 0.25) is 0 Å². The van der Waals surface area contributed by atoms with Crippen LogP contribution in [0.25, 0.3) is 0 Å². The summed E-state index contributed by atoms with van der Waals surface area (Å²) >= 11 is 0. The molecule has 0 saturated carbocycles. The van der Waals surface area contributed by atoms with E-state index in [4.69, 9.17) is 0 Å². The molecule has 0 aliphatic carbocycles. The van der Waals surface area contributed by atoms with Crippen molar-refractivity contribution in [2.45, 2.75) is 46.1 Å². The van der Waals surface area contributed by atoms with E-state index in [-0.39, 0.29) is 11.9 Å². The van der Waals surface area contributed by atoms with Crippen molar-refractivity contribution in [3.05, 3.63) is 65.0 Å². The molecule has 1 atom stereocenters. The van der Waals surface area contributed by atoms with Gasteiger partial charge in [0, 0.05) is 6.04 Å². The molecule has 0 saturated heterocycles. The van der Waals surface area contributed by atoms with Gasteiger partial charge in [-0.25, -0.2) is 4.39 Å². The van der Waals surface area contributed by atoms with E-state index in [0.29, 0.717) is 5.69 Å². The molecule has 1 nitrogen and oxygen atoms in total. The maximum atomic E-state index is 13.8. The van der Waals surface area contributed by atoms with Crippen LogP contribution in [-0.2, 0) is 6.42 Å². The average molecular weight is 285 g/mol. The lowest BCUT2D eigenvalue weighted by Crippen LogP contribution is -2.08. The van der Waals surface area contributed by atoms with Crippen LogP contribution < -0.4 is 5.32 Å². The molecule has 0 radical (unpaired) electrons. The molecule has 21 heavy (non-hydrogen) atoms. The van der Waals surface area contributed by atoms with Gasteiger partial charge in [-0.05, 0) is 55.5 Å². The third kappa shape index (κ3) is 4.32. The van der Waals surface area contributed by atoms with Gasteiger partial charge in [-0.2, -0.15) is 0 Å². The van der Waals surface area contributed by atoms with Gasteiger partial charge < -0.3 is 5.32 Å². The maximum absolute atomic E-state index is 13.8. The van der Waals surface area contributed by atoms with E-state index in [1.54, 1.807) is 6.07 Å². The summed E-state index contributed by atoms with van der Waals surface area (Å²) in [7, 11) is 0. The fourth-order valence-electron chi connectivity index (χ4n) is 2.42. The van der Waals surface area contributed by atoms with Crippen molar-refractivity contribution in [2.75, 3.05) is 5.32 Å². The Morgan fingerprint density at radius 2 is 1.81 bits per heavy atom. The Morgan fingerprint density at radius 1 is 1.10 bits per heavy atom. The van der Waals surface area contributed by atoms with E-state index in [1.165, 1.54) is 30.0 Å². The third-order valence-electron chi connectivity index (χ3n) is 3.79. The van der Waals surface area contributed by atoms with Crippen molar-refractivity contribution < 1.29 is 4.39 Å². The molecule has 0 aliphatic heterocycles.